The first-order valence-corrected chi connectivity index (χ1v) is 8.08. The highest BCUT2D eigenvalue weighted by molar-refractivity contribution is 5.57. The molecule has 4 rings (SSSR count). The van der Waals surface area contributed by atoms with Crippen molar-refractivity contribution in [1.82, 2.24) is 0 Å². The molecule has 2 aromatic carbocycles. The Labute approximate surface area is 126 Å². The zero-order valence-electron chi connectivity index (χ0n) is 12.4. The Balaban J connectivity index is 1.61. The normalized spacial score (nSPS) is 20.5. The maximum absolute atomic E-state index is 3.59. The van der Waals surface area contributed by atoms with Gasteiger partial charge in [0.1, 0.15) is 0 Å². The molecule has 1 atom stereocenters. The SMILES string of the molecule is c1ccc2c(c1)CC(c1ccc3c(c1)CCCCN3)CN2. The van der Waals surface area contributed by atoms with Crippen LogP contribution < -0.4 is 10.6 Å². The first-order valence-electron chi connectivity index (χ1n) is 8.08. The fourth-order valence-electron chi connectivity index (χ4n) is 3.59. The topological polar surface area (TPSA) is 24.1 Å². The summed E-state index contributed by atoms with van der Waals surface area (Å²) in [5.74, 6) is 0.591. The molecule has 108 valence electrons. The van der Waals surface area contributed by atoms with E-state index >= 15 is 0 Å². The van der Waals surface area contributed by atoms with E-state index in [1.54, 1.807) is 0 Å². The highest BCUT2D eigenvalue weighted by Crippen LogP contribution is 2.32. The van der Waals surface area contributed by atoms with Crippen LogP contribution in [0.3, 0.4) is 0 Å². The minimum absolute atomic E-state index is 0.591. The second kappa shape index (κ2) is 5.44. The van der Waals surface area contributed by atoms with E-state index in [9.17, 15) is 0 Å². The van der Waals surface area contributed by atoms with Gasteiger partial charge in [0.25, 0.3) is 0 Å². The van der Waals surface area contributed by atoms with E-state index in [1.807, 2.05) is 0 Å². The van der Waals surface area contributed by atoms with Crippen LogP contribution in [-0.4, -0.2) is 13.1 Å². The third kappa shape index (κ3) is 2.51. The van der Waals surface area contributed by atoms with Crippen molar-refractivity contribution in [2.24, 2.45) is 0 Å². The number of benzene rings is 2. The second-order valence-corrected chi connectivity index (χ2v) is 6.24. The number of hydrogen-bond donors (Lipinski definition) is 2. The Morgan fingerprint density at radius 1 is 0.857 bits per heavy atom. The van der Waals surface area contributed by atoms with E-state index in [0.717, 1.165) is 19.5 Å². The van der Waals surface area contributed by atoms with Crippen molar-refractivity contribution in [3.63, 3.8) is 0 Å². The molecule has 1 unspecified atom stereocenters. The molecule has 0 bridgehead atoms. The van der Waals surface area contributed by atoms with Gasteiger partial charge < -0.3 is 10.6 Å². The van der Waals surface area contributed by atoms with Crippen LogP contribution in [0.1, 0.15) is 35.4 Å². The zero-order valence-corrected chi connectivity index (χ0v) is 12.4. The van der Waals surface area contributed by atoms with E-state index in [2.05, 4.69) is 53.1 Å². The summed E-state index contributed by atoms with van der Waals surface area (Å²) < 4.78 is 0. The molecule has 0 fully saturated rings. The number of nitrogens with one attached hydrogen (secondary N) is 2. The predicted octanol–water partition coefficient (Wildman–Crippen LogP) is 4.19. The Morgan fingerprint density at radius 2 is 1.76 bits per heavy atom. The highest BCUT2D eigenvalue weighted by atomic mass is 14.9. The molecular formula is C19H22N2. The van der Waals surface area contributed by atoms with Crippen LogP contribution in [0.2, 0.25) is 0 Å². The molecule has 0 amide bonds. The molecule has 0 radical (unpaired) electrons. The minimum Gasteiger partial charge on any atom is -0.385 e. The summed E-state index contributed by atoms with van der Waals surface area (Å²) in [5, 5.41) is 7.14. The molecule has 2 aromatic rings. The third-order valence-electron chi connectivity index (χ3n) is 4.81. The Bertz CT molecular complexity index is 648. The van der Waals surface area contributed by atoms with Gasteiger partial charge in [0, 0.05) is 30.4 Å². The van der Waals surface area contributed by atoms with Crippen molar-refractivity contribution < 1.29 is 0 Å². The molecule has 0 saturated carbocycles. The van der Waals surface area contributed by atoms with Crippen molar-refractivity contribution in [2.45, 2.75) is 31.6 Å². The van der Waals surface area contributed by atoms with Crippen LogP contribution in [0.15, 0.2) is 42.5 Å². The number of hydrogen-bond acceptors (Lipinski definition) is 2. The van der Waals surface area contributed by atoms with Crippen LogP contribution >= 0.6 is 0 Å². The van der Waals surface area contributed by atoms with E-state index in [4.69, 9.17) is 0 Å². The lowest BCUT2D eigenvalue weighted by molar-refractivity contribution is 0.693. The first kappa shape index (κ1) is 12.8. The van der Waals surface area contributed by atoms with Gasteiger partial charge in [-0.05, 0) is 54.5 Å². The Kier molecular flexibility index (Phi) is 3.30. The van der Waals surface area contributed by atoms with Crippen LogP contribution in [0.25, 0.3) is 0 Å². The van der Waals surface area contributed by atoms with Gasteiger partial charge >= 0.3 is 0 Å². The minimum atomic E-state index is 0.591. The average molecular weight is 278 g/mol. The summed E-state index contributed by atoms with van der Waals surface area (Å²) in [5.41, 5.74) is 7.09. The molecular weight excluding hydrogens is 256 g/mol. The molecule has 2 aliphatic rings. The molecule has 0 saturated heterocycles. The monoisotopic (exact) mass is 278 g/mol. The van der Waals surface area contributed by atoms with Crippen molar-refractivity contribution >= 4 is 11.4 Å². The van der Waals surface area contributed by atoms with E-state index in [1.165, 1.54) is 47.3 Å². The summed E-state index contributed by atoms with van der Waals surface area (Å²) >= 11 is 0. The highest BCUT2D eigenvalue weighted by Gasteiger charge is 2.20. The van der Waals surface area contributed by atoms with Crippen molar-refractivity contribution in [3.05, 3.63) is 59.2 Å². The largest absolute Gasteiger partial charge is 0.385 e. The summed E-state index contributed by atoms with van der Waals surface area (Å²) in [6.07, 6.45) is 4.94. The average Bonchev–Trinajstić information content (AvgIpc) is 2.79. The lowest BCUT2D eigenvalue weighted by Crippen LogP contribution is -2.21. The lowest BCUT2D eigenvalue weighted by Gasteiger charge is -2.27. The fourth-order valence-corrected chi connectivity index (χ4v) is 3.59. The van der Waals surface area contributed by atoms with Crippen molar-refractivity contribution in [2.75, 3.05) is 23.7 Å². The molecule has 0 aliphatic carbocycles. The molecule has 0 spiro atoms. The van der Waals surface area contributed by atoms with Gasteiger partial charge in [0.05, 0.1) is 0 Å². The van der Waals surface area contributed by atoms with Crippen molar-refractivity contribution in [3.8, 4) is 0 Å². The van der Waals surface area contributed by atoms with Crippen LogP contribution in [-0.2, 0) is 12.8 Å². The number of rotatable bonds is 1. The fraction of sp³-hybridized carbons (Fsp3) is 0.368. The molecule has 0 aromatic heterocycles. The molecule has 21 heavy (non-hydrogen) atoms. The number of aryl methyl sites for hydroxylation is 1. The van der Waals surface area contributed by atoms with Gasteiger partial charge in [-0.2, -0.15) is 0 Å². The van der Waals surface area contributed by atoms with E-state index < -0.39 is 0 Å². The number of anilines is 2. The van der Waals surface area contributed by atoms with Gasteiger partial charge in [-0.15, -0.1) is 0 Å². The maximum atomic E-state index is 3.59. The number of fused-ring (bicyclic) bond motifs is 2. The van der Waals surface area contributed by atoms with Gasteiger partial charge in [-0.1, -0.05) is 30.3 Å². The Hall–Kier alpha value is -1.96. The summed E-state index contributed by atoms with van der Waals surface area (Å²) in [7, 11) is 0. The van der Waals surface area contributed by atoms with Gasteiger partial charge in [-0.25, -0.2) is 0 Å². The number of para-hydroxylation sites is 1. The Morgan fingerprint density at radius 3 is 2.76 bits per heavy atom. The van der Waals surface area contributed by atoms with E-state index in [-0.39, 0.29) is 0 Å². The summed E-state index contributed by atoms with van der Waals surface area (Å²) in [6, 6.07) is 15.7. The zero-order chi connectivity index (χ0) is 14.1. The lowest BCUT2D eigenvalue weighted by atomic mass is 9.87. The predicted molar refractivity (Wildman–Crippen MR) is 89.2 cm³/mol. The van der Waals surface area contributed by atoms with Crippen molar-refractivity contribution in [1.29, 1.82) is 0 Å². The summed E-state index contributed by atoms with van der Waals surface area (Å²) in [6.45, 7) is 2.16. The van der Waals surface area contributed by atoms with E-state index in [0.29, 0.717) is 5.92 Å². The van der Waals surface area contributed by atoms with Gasteiger partial charge in [0.15, 0.2) is 0 Å². The molecule has 2 heterocycles. The van der Waals surface area contributed by atoms with Crippen LogP contribution in [0.5, 0.6) is 0 Å². The quantitative estimate of drug-likeness (QED) is 0.817. The molecule has 2 N–H and O–H groups in total. The summed E-state index contributed by atoms with van der Waals surface area (Å²) in [4.78, 5) is 0. The molecule has 2 aliphatic heterocycles. The maximum Gasteiger partial charge on any atom is 0.0373 e. The second-order valence-electron chi connectivity index (χ2n) is 6.24. The smallest absolute Gasteiger partial charge is 0.0373 e. The van der Waals surface area contributed by atoms with Gasteiger partial charge in [-0.3, -0.25) is 0 Å². The standard InChI is InChI=1S/C19H22N2/c1-2-7-18-16(5-1)12-17(13-21-18)14-8-9-19-15(11-14)6-3-4-10-20-19/h1-2,5,7-9,11,17,20-21H,3-4,6,10,12-13H2. The van der Waals surface area contributed by atoms with Gasteiger partial charge in [0.2, 0.25) is 0 Å². The third-order valence-corrected chi connectivity index (χ3v) is 4.81. The van der Waals surface area contributed by atoms with Crippen LogP contribution in [0, 0.1) is 0 Å². The van der Waals surface area contributed by atoms with Crippen LogP contribution in [0.4, 0.5) is 11.4 Å². The molecule has 2 heteroatoms. The first-order chi connectivity index (χ1) is 10.4. The molecule has 2 nitrogen and oxygen atoms in total.